The van der Waals surface area contributed by atoms with Gasteiger partial charge in [0, 0.05) is 17.2 Å². The number of benzene rings is 2. The number of carbonyl (C=O) groups excluding carboxylic acids is 3. The van der Waals surface area contributed by atoms with Gasteiger partial charge in [0.2, 0.25) is 5.91 Å². The Morgan fingerprint density at radius 1 is 1.19 bits per heavy atom. The maximum absolute atomic E-state index is 14.9. The van der Waals surface area contributed by atoms with Crippen LogP contribution in [-0.2, 0) is 9.53 Å². The number of fused-ring (bicyclic) bond motifs is 4. The number of carbonyl (C=O) groups is 3. The van der Waals surface area contributed by atoms with Crippen LogP contribution in [0.5, 0.6) is 0 Å². The molecule has 2 aromatic heterocycles. The van der Waals surface area contributed by atoms with Crippen molar-refractivity contribution >= 4 is 40.9 Å². The lowest BCUT2D eigenvalue weighted by Gasteiger charge is -2.20. The fraction of sp³-hybridized carbons (Fsp3) is 0.310. The van der Waals surface area contributed by atoms with E-state index in [1.807, 2.05) is 6.92 Å². The monoisotopic (exact) mass is 608 g/mol. The molecule has 0 aliphatic carbocycles. The van der Waals surface area contributed by atoms with E-state index in [4.69, 9.17) is 11.6 Å². The van der Waals surface area contributed by atoms with Crippen LogP contribution in [0.3, 0.4) is 0 Å². The molecule has 4 N–H and O–H groups in total. The lowest BCUT2D eigenvalue weighted by Crippen LogP contribution is -2.30. The molecule has 1 aliphatic rings. The average Bonchev–Trinajstić information content (AvgIpc) is 3.61. The number of aromatic amines is 1. The molecule has 2 bridgehead atoms. The lowest BCUT2D eigenvalue weighted by atomic mass is 9.98. The number of aryl methyl sites for hydroxylation is 1. The summed E-state index contributed by atoms with van der Waals surface area (Å²) in [7, 11) is 1.26. The molecule has 12 nitrogen and oxygen atoms in total. The SMILES string of the molecule is COC(=O)Nc1ccc2c(c1)NC(=O)[C@H](C)CCC[C@H](NC(=O)c1nnn(-c3c(C)ccc(Cl)c3F)c1C)c1cnc-2[nH]1. The number of nitrogens with one attached hydrogen (secondary N) is 4. The van der Waals surface area contributed by atoms with Crippen LogP contribution in [-0.4, -0.2) is 50.0 Å². The van der Waals surface area contributed by atoms with Crippen molar-refractivity contribution in [3.8, 4) is 17.1 Å². The third kappa shape index (κ3) is 6.07. The number of nitrogens with zero attached hydrogens (tertiary/aromatic N) is 4. The first-order valence-corrected chi connectivity index (χ1v) is 14.0. The molecule has 14 heteroatoms. The van der Waals surface area contributed by atoms with Crippen LogP contribution in [0.25, 0.3) is 17.1 Å². The maximum atomic E-state index is 14.9. The number of hydrogen-bond acceptors (Lipinski definition) is 7. The van der Waals surface area contributed by atoms with Crippen LogP contribution in [0.15, 0.2) is 36.5 Å². The van der Waals surface area contributed by atoms with E-state index in [0.717, 1.165) is 0 Å². The fourth-order valence-corrected chi connectivity index (χ4v) is 5.10. The largest absolute Gasteiger partial charge is 0.453 e. The number of rotatable bonds is 4. The van der Waals surface area contributed by atoms with Gasteiger partial charge in [0.15, 0.2) is 11.5 Å². The van der Waals surface area contributed by atoms with Gasteiger partial charge < -0.3 is 20.4 Å². The van der Waals surface area contributed by atoms with Gasteiger partial charge in [-0.25, -0.2) is 18.9 Å². The molecule has 0 unspecified atom stereocenters. The molecule has 0 saturated carbocycles. The van der Waals surface area contributed by atoms with E-state index >= 15 is 0 Å². The Morgan fingerprint density at radius 2 is 1.98 bits per heavy atom. The van der Waals surface area contributed by atoms with Crippen LogP contribution in [0.2, 0.25) is 5.02 Å². The van der Waals surface area contributed by atoms with Crippen LogP contribution >= 0.6 is 11.6 Å². The summed E-state index contributed by atoms with van der Waals surface area (Å²) in [6.45, 7) is 5.17. The molecule has 0 fully saturated rings. The first kappa shape index (κ1) is 29.7. The number of hydrogen-bond donors (Lipinski definition) is 4. The fourth-order valence-electron chi connectivity index (χ4n) is 4.95. The highest BCUT2D eigenvalue weighted by Crippen LogP contribution is 2.32. The third-order valence-corrected chi connectivity index (χ3v) is 7.70. The zero-order chi connectivity index (χ0) is 30.8. The molecule has 0 saturated heterocycles. The first-order valence-electron chi connectivity index (χ1n) is 13.6. The first-order chi connectivity index (χ1) is 20.6. The second-order valence-electron chi connectivity index (χ2n) is 10.4. The number of halogens is 2. The van der Waals surface area contributed by atoms with Gasteiger partial charge in [-0.2, -0.15) is 0 Å². The number of amides is 3. The van der Waals surface area contributed by atoms with Gasteiger partial charge in [-0.3, -0.25) is 14.9 Å². The minimum Gasteiger partial charge on any atom is -0.453 e. The van der Waals surface area contributed by atoms with E-state index in [2.05, 4.69) is 41.0 Å². The van der Waals surface area contributed by atoms with Crippen molar-refractivity contribution in [1.82, 2.24) is 30.3 Å². The molecular formula is C29H30ClFN8O4. The number of H-pyrrole nitrogens is 1. The van der Waals surface area contributed by atoms with E-state index in [1.54, 1.807) is 44.3 Å². The number of aromatic nitrogens is 5. The molecule has 1 aliphatic heterocycles. The van der Waals surface area contributed by atoms with Gasteiger partial charge in [0.05, 0.1) is 41.4 Å². The smallest absolute Gasteiger partial charge is 0.411 e. The van der Waals surface area contributed by atoms with E-state index in [0.29, 0.717) is 59.0 Å². The van der Waals surface area contributed by atoms with Crippen LogP contribution in [0.1, 0.15) is 59.7 Å². The molecule has 5 rings (SSSR count). The van der Waals surface area contributed by atoms with Crippen LogP contribution in [0.4, 0.5) is 20.6 Å². The van der Waals surface area contributed by atoms with E-state index < -0.39 is 23.9 Å². The maximum Gasteiger partial charge on any atom is 0.411 e. The van der Waals surface area contributed by atoms with Gasteiger partial charge in [0.1, 0.15) is 11.5 Å². The van der Waals surface area contributed by atoms with Crippen molar-refractivity contribution in [2.75, 3.05) is 17.7 Å². The van der Waals surface area contributed by atoms with Gasteiger partial charge >= 0.3 is 6.09 Å². The van der Waals surface area contributed by atoms with Gasteiger partial charge in [-0.05, 0) is 56.5 Å². The van der Waals surface area contributed by atoms with Crippen molar-refractivity contribution in [3.05, 3.63) is 70.0 Å². The summed E-state index contributed by atoms with van der Waals surface area (Å²) in [5.74, 6) is -1.23. The molecule has 0 radical (unpaired) electrons. The van der Waals surface area contributed by atoms with Crippen molar-refractivity contribution in [2.24, 2.45) is 5.92 Å². The highest BCUT2D eigenvalue weighted by molar-refractivity contribution is 6.31. The summed E-state index contributed by atoms with van der Waals surface area (Å²) in [4.78, 5) is 46.0. The predicted molar refractivity (Wildman–Crippen MR) is 158 cm³/mol. The van der Waals surface area contributed by atoms with Crippen molar-refractivity contribution in [3.63, 3.8) is 0 Å². The van der Waals surface area contributed by atoms with Gasteiger partial charge in [0.25, 0.3) is 5.91 Å². The predicted octanol–water partition coefficient (Wildman–Crippen LogP) is 5.47. The minimum atomic E-state index is -0.655. The minimum absolute atomic E-state index is 0.0355. The summed E-state index contributed by atoms with van der Waals surface area (Å²) in [5.41, 5.74) is 3.19. The normalized spacial score (nSPS) is 16.7. The zero-order valence-electron chi connectivity index (χ0n) is 23.9. The van der Waals surface area contributed by atoms with Crippen LogP contribution in [0, 0.1) is 25.6 Å². The Bertz CT molecular complexity index is 1720. The summed E-state index contributed by atoms with van der Waals surface area (Å²) < 4.78 is 20.8. The summed E-state index contributed by atoms with van der Waals surface area (Å²) in [6.07, 6.45) is 2.66. The molecule has 2 aromatic carbocycles. The second-order valence-corrected chi connectivity index (χ2v) is 10.8. The highest BCUT2D eigenvalue weighted by atomic mass is 35.5. The zero-order valence-corrected chi connectivity index (χ0v) is 24.7. The molecule has 0 spiro atoms. The Morgan fingerprint density at radius 3 is 2.74 bits per heavy atom. The Hall–Kier alpha value is -4.78. The molecular weight excluding hydrogens is 579 g/mol. The topological polar surface area (TPSA) is 156 Å². The average molecular weight is 609 g/mol. The molecule has 3 amide bonds. The number of imidazole rings is 1. The number of ether oxygens (including phenoxy) is 1. The Balaban J connectivity index is 1.46. The molecule has 43 heavy (non-hydrogen) atoms. The number of methoxy groups -OCH3 is 1. The Labute approximate surface area is 251 Å². The van der Waals surface area contributed by atoms with E-state index in [-0.39, 0.29) is 28.2 Å². The summed E-state index contributed by atoms with van der Waals surface area (Å²) in [6, 6.07) is 7.63. The quantitative estimate of drug-likeness (QED) is 0.239. The standard InChI is InChI=1S/C29H30ClFN8O4/c1-14-8-11-19(30)23(31)25(14)39-16(3)24(37-38-39)28(41)35-20-7-5-6-15(2)27(40)36-21-12-17(33-29(42)43-4)9-10-18(21)26-32-13-22(20)34-26/h8-13,15,20H,5-7H2,1-4H3,(H,32,34)(H,33,42)(H,35,41)(H,36,40)/t15-,20+/m1/s1. The molecule has 2 atom stereocenters. The molecule has 3 heterocycles. The van der Waals surface area contributed by atoms with Crippen molar-refractivity contribution in [1.29, 1.82) is 0 Å². The van der Waals surface area contributed by atoms with E-state index in [9.17, 15) is 18.8 Å². The van der Waals surface area contributed by atoms with Gasteiger partial charge in [-0.1, -0.05) is 36.2 Å². The lowest BCUT2D eigenvalue weighted by molar-refractivity contribution is -0.119. The van der Waals surface area contributed by atoms with Gasteiger partial charge in [-0.15, -0.1) is 5.10 Å². The third-order valence-electron chi connectivity index (χ3n) is 7.41. The summed E-state index contributed by atoms with van der Waals surface area (Å²) >= 11 is 6.00. The number of anilines is 2. The van der Waals surface area contributed by atoms with Crippen LogP contribution < -0.4 is 16.0 Å². The second kappa shape index (κ2) is 12.2. The highest BCUT2D eigenvalue weighted by Gasteiger charge is 2.26. The van der Waals surface area contributed by atoms with E-state index in [1.165, 1.54) is 17.9 Å². The summed E-state index contributed by atoms with van der Waals surface area (Å²) in [5, 5.41) is 16.6. The van der Waals surface area contributed by atoms with Crippen molar-refractivity contribution in [2.45, 2.75) is 46.1 Å². The van der Waals surface area contributed by atoms with Crippen molar-refractivity contribution < 1.29 is 23.5 Å². The molecule has 4 aromatic rings. The Kier molecular flexibility index (Phi) is 8.44. The molecule has 224 valence electrons.